The standard InChI is InChI=1S/C54H30N4S/c1-2-11-35-30-36(23-20-31(35)10-1)51-50-41-16-5-8-19-46(41)59-53(50)56-54(55-51)58-43-18-7-4-15-39(43)49-45(58)29-27-38-37-14-3-6-17-42(37)57(52(38)49)44-28-25-34-22-21-32-12-9-13-33-24-26-40(44)48(34)47(32)33/h1-30H. The molecule has 0 aliphatic carbocycles. The predicted octanol–water partition coefficient (Wildman–Crippen LogP) is 14.8. The van der Waals surface area contributed by atoms with Crippen LogP contribution in [0.25, 0.3) is 130 Å². The summed E-state index contributed by atoms with van der Waals surface area (Å²) in [6, 6.07) is 66.5. The minimum atomic E-state index is 0.670. The molecule has 0 aliphatic rings. The quantitative estimate of drug-likeness (QED) is 0.168. The van der Waals surface area contributed by atoms with Gasteiger partial charge in [0.25, 0.3) is 0 Å². The van der Waals surface area contributed by atoms with Crippen LogP contribution in [0.2, 0.25) is 0 Å². The molecule has 0 atom stereocenters. The molecule has 0 spiro atoms. The van der Waals surface area contributed by atoms with E-state index in [1.54, 1.807) is 11.3 Å². The first-order valence-corrected chi connectivity index (χ1v) is 20.9. The average molecular weight is 767 g/mol. The molecular weight excluding hydrogens is 737 g/mol. The van der Waals surface area contributed by atoms with Crippen molar-refractivity contribution in [1.29, 1.82) is 0 Å². The monoisotopic (exact) mass is 766 g/mol. The van der Waals surface area contributed by atoms with Crippen LogP contribution in [-0.2, 0) is 0 Å². The SMILES string of the molecule is c1ccc2cc(-c3nc(-n4c5ccccc5c5c4ccc4c6ccccc6n(-c6ccc7ccc8cccc9ccc6c7c89)c45)nc4sc5ccccc5c34)ccc2c1. The third-order valence-corrected chi connectivity index (χ3v) is 13.7. The van der Waals surface area contributed by atoms with Gasteiger partial charge in [0.2, 0.25) is 5.95 Å². The van der Waals surface area contributed by atoms with E-state index in [1.165, 1.54) is 91.4 Å². The minimum absolute atomic E-state index is 0.670. The second-order valence-electron chi connectivity index (χ2n) is 15.7. The molecule has 14 aromatic rings. The molecule has 0 saturated heterocycles. The average Bonchev–Trinajstić information content (AvgIpc) is 3.95. The highest BCUT2D eigenvalue weighted by Gasteiger charge is 2.25. The highest BCUT2D eigenvalue weighted by atomic mass is 32.1. The second-order valence-corrected chi connectivity index (χ2v) is 16.7. The molecule has 0 radical (unpaired) electrons. The molecule has 59 heavy (non-hydrogen) atoms. The zero-order chi connectivity index (χ0) is 38.3. The van der Waals surface area contributed by atoms with Crippen LogP contribution in [0.5, 0.6) is 0 Å². The molecule has 0 aliphatic heterocycles. The van der Waals surface area contributed by atoms with E-state index >= 15 is 0 Å². The summed E-state index contributed by atoms with van der Waals surface area (Å²) in [7, 11) is 0. The molecule has 14 rings (SSSR count). The first-order valence-electron chi connectivity index (χ1n) is 20.1. The van der Waals surface area contributed by atoms with Crippen LogP contribution in [0.4, 0.5) is 0 Å². The Labute approximate surface area is 340 Å². The van der Waals surface area contributed by atoms with Crippen LogP contribution >= 0.6 is 11.3 Å². The summed E-state index contributed by atoms with van der Waals surface area (Å²) < 4.78 is 6.02. The number of hydrogen-bond donors (Lipinski definition) is 0. The lowest BCUT2D eigenvalue weighted by molar-refractivity contribution is 1.02. The van der Waals surface area contributed by atoms with Gasteiger partial charge in [0, 0.05) is 48.0 Å². The molecule has 4 heterocycles. The van der Waals surface area contributed by atoms with Crippen molar-refractivity contribution < 1.29 is 0 Å². The van der Waals surface area contributed by atoms with Gasteiger partial charge in [-0.15, -0.1) is 11.3 Å². The maximum Gasteiger partial charge on any atom is 0.236 e. The van der Waals surface area contributed by atoms with Crippen LogP contribution in [-0.4, -0.2) is 19.1 Å². The highest BCUT2D eigenvalue weighted by Crippen LogP contribution is 2.46. The van der Waals surface area contributed by atoms with Gasteiger partial charge in [0.05, 0.1) is 33.4 Å². The van der Waals surface area contributed by atoms with E-state index < -0.39 is 0 Å². The number of aromatic nitrogens is 4. The van der Waals surface area contributed by atoms with Gasteiger partial charge in [-0.1, -0.05) is 146 Å². The first-order chi connectivity index (χ1) is 29.3. The van der Waals surface area contributed by atoms with Gasteiger partial charge in [0.15, 0.2) is 0 Å². The molecule has 5 heteroatoms. The summed E-state index contributed by atoms with van der Waals surface area (Å²) in [6.45, 7) is 0. The number of benzene rings is 10. The van der Waals surface area contributed by atoms with Crippen LogP contribution in [0.15, 0.2) is 182 Å². The van der Waals surface area contributed by atoms with Crippen LogP contribution < -0.4 is 0 Å². The maximum atomic E-state index is 5.59. The molecule has 4 aromatic heterocycles. The predicted molar refractivity (Wildman–Crippen MR) is 250 cm³/mol. The van der Waals surface area contributed by atoms with Crippen molar-refractivity contribution in [1.82, 2.24) is 19.1 Å². The summed E-state index contributed by atoms with van der Waals surface area (Å²) >= 11 is 1.74. The molecule has 10 aromatic carbocycles. The van der Waals surface area contributed by atoms with Crippen molar-refractivity contribution >= 4 is 118 Å². The summed E-state index contributed by atoms with van der Waals surface area (Å²) in [5.74, 6) is 0.670. The fraction of sp³-hybridized carbons (Fsp3) is 0. The molecule has 0 fully saturated rings. The smallest absolute Gasteiger partial charge is 0.236 e. The van der Waals surface area contributed by atoms with Crippen molar-refractivity contribution in [2.75, 3.05) is 0 Å². The van der Waals surface area contributed by atoms with Crippen molar-refractivity contribution in [3.05, 3.63) is 182 Å². The lowest BCUT2D eigenvalue weighted by Crippen LogP contribution is -2.02. The van der Waals surface area contributed by atoms with Crippen LogP contribution in [0, 0.1) is 0 Å². The van der Waals surface area contributed by atoms with Gasteiger partial charge in [0.1, 0.15) is 4.83 Å². The first kappa shape index (κ1) is 31.5. The zero-order valence-corrected chi connectivity index (χ0v) is 32.3. The molecular formula is C54H30N4S. The summed E-state index contributed by atoms with van der Waals surface area (Å²) in [5.41, 5.74) is 7.72. The van der Waals surface area contributed by atoms with E-state index in [1.807, 2.05) is 0 Å². The second kappa shape index (κ2) is 11.5. The van der Waals surface area contributed by atoms with Gasteiger partial charge in [-0.05, 0) is 74.1 Å². The molecule has 0 amide bonds. The fourth-order valence-corrected chi connectivity index (χ4v) is 11.2. The molecule has 272 valence electrons. The molecule has 0 N–H and O–H groups in total. The number of fused-ring (bicyclic) bond motifs is 11. The lowest BCUT2D eigenvalue weighted by Gasteiger charge is -2.16. The lowest BCUT2D eigenvalue weighted by atomic mass is 9.93. The third-order valence-electron chi connectivity index (χ3n) is 12.7. The van der Waals surface area contributed by atoms with Gasteiger partial charge in [-0.3, -0.25) is 4.57 Å². The van der Waals surface area contributed by atoms with E-state index in [0.717, 1.165) is 32.5 Å². The van der Waals surface area contributed by atoms with Gasteiger partial charge < -0.3 is 4.57 Å². The van der Waals surface area contributed by atoms with Crippen LogP contribution in [0.1, 0.15) is 0 Å². The summed E-state index contributed by atoms with van der Waals surface area (Å²) in [6.07, 6.45) is 0. The molecule has 4 nitrogen and oxygen atoms in total. The van der Waals surface area contributed by atoms with E-state index in [2.05, 4.69) is 191 Å². The van der Waals surface area contributed by atoms with Gasteiger partial charge >= 0.3 is 0 Å². The molecule has 0 saturated carbocycles. The Morgan fingerprint density at radius 1 is 0.373 bits per heavy atom. The summed E-state index contributed by atoms with van der Waals surface area (Å²) in [5, 5.41) is 17.2. The Bertz CT molecular complexity index is 4080. The molecule has 0 bridgehead atoms. The Morgan fingerprint density at radius 3 is 1.88 bits per heavy atom. The highest BCUT2D eigenvalue weighted by molar-refractivity contribution is 7.25. The Hall–Kier alpha value is -7.60. The van der Waals surface area contributed by atoms with Gasteiger partial charge in [-0.25, -0.2) is 9.97 Å². The number of nitrogens with zero attached hydrogens (tertiary/aromatic N) is 4. The number of hydrogen-bond acceptors (Lipinski definition) is 3. The van der Waals surface area contributed by atoms with E-state index in [0.29, 0.717) is 5.95 Å². The van der Waals surface area contributed by atoms with Crippen molar-refractivity contribution in [2.45, 2.75) is 0 Å². The topological polar surface area (TPSA) is 35.6 Å². The number of thiophene rings is 1. The van der Waals surface area contributed by atoms with Crippen molar-refractivity contribution in [3.8, 4) is 22.9 Å². The summed E-state index contributed by atoms with van der Waals surface area (Å²) in [4.78, 5) is 12.0. The molecule has 0 unspecified atom stereocenters. The largest absolute Gasteiger partial charge is 0.308 e. The van der Waals surface area contributed by atoms with Crippen molar-refractivity contribution in [2.24, 2.45) is 0 Å². The maximum absolute atomic E-state index is 5.59. The third kappa shape index (κ3) is 4.21. The fourth-order valence-electron chi connectivity index (χ4n) is 10.1. The van der Waals surface area contributed by atoms with E-state index in [9.17, 15) is 0 Å². The zero-order valence-electron chi connectivity index (χ0n) is 31.5. The van der Waals surface area contributed by atoms with Crippen LogP contribution in [0.3, 0.4) is 0 Å². The normalized spacial score (nSPS) is 12.4. The Kier molecular flexibility index (Phi) is 6.14. The van der Waals surface area contributed by atoms with E-state index in [4.69, 9.17) is 9.97 Å². The van der Waals surface area contributed by atoms with Crippen molar-refractivity contribution in [3.63, 3.8) is 0 Å². The Balaban J connectivity index is 1.12. The number of rotatable bonds is 3. The number of para-hydroxylation sites is 2. The van der Waals surface area contributed by atoms with E-state index in [-0.39, 0.29) is 0 Å². The van der Waals surface area contributed by atoms with Gasteiger partial charge in [-0.2, -0.15) is 0 Å². The Morgan fingerprint density at radius 2 is 1.02 bits per heavy atom. The minimum Gasteiger partial charge on any atom is -0.308 e.